The van der Waals surface area contributed by atoms with E-state index in [9.17, 15) is 0 Å². The van der Waals surface area contributed by atoms with E-state index in [0.29, 0.717) is 0 Å². The van der Waals surface area contributed by atoms with E-state index in [0.717, 1.165) is 0 Å². The summed E-state index contributed by atoms with van der Waals surface area (Å²) in [5.41, 5.74) is 6.79. The minimum Gasteiger partial charge on any atom is -0.297 e. The van der Waals surface area contributed by atoms with Crippen molar-refractivity contribution in [3.8, 4) is 0 Å². The Morgan fingerprint density at radius 2 is 0.750 bits per heavy atom. The van der Waals surface area contributed by atoms with Gasteiger partial charge in [-0.05, 0) is 90.0 Å². The van der Waals surface area contributed by atoms with Crippen LogP contribution in [0.1, 0.15) is 0 Å². The summed E-state index contributed by atoms with van der Waals surface area (Å²) in [6, 6.07) is 0. The standard InChI is InChI=1S/C12H32N6.H6Si2/c1-14(2)11(13,15(3)4)12(16(5)6,17(7)8)18(9)10;1-2/h13H2,1-10H3;1-2H3. The molecule has 124 valence electrons. The molecule has 0 saturated carbocycles. The SMILES string of the molecule is CN(C)C(N)(N(C)C)C(N(C)C)(N(C)C)N(C)C.[SiH3][SiH3]. The summed E-state index contributed by atoms with van der Waals surface area (Å²) < 4.78 is 0. The lowest BCUT2D eigenvalue weighted by atomic mass is 10.0. The van der Waals surface area contributed by atoms with Crippen LogP contribution in [0.3, 0.4) is 0 Å². The smallest absolute Gasteiger partial charge is 0.177 e. The van der Waals surface area contributed by atoms with Crippen LogP contribution in [0.5, 0.6) is 0 Å². The average Bonchev–Trinajstić information content (AvgIpc) is 2.29. The Morgan fingerprint density at radius 1 is 0.550 bits per heavy atom. The summed E-state index contributed by atoms with van der Waals surface area (Å²) in [5, 5.41) is 0. The lowest BCUT2D eigenvalue weighted by molar-refractivity contribution is -0.243. The fourth-order valence-corrected chi connectivity index (χ4v) is 3.19. The maximum Gasteiger partial charge on any atom is 0.177 e. The highest BCUT2D eigenvalue weighted by Crippen LogP contribution is 2.32. The van der Waals surface area contributed by atoms with Crippen LogP contribution in [0, 0.1) is 0 Å². The lowest BCUT2D eigenvalue weighted by Crippen LogP contribution is -2.87. The van der Waals surface area contributed by atoms with E-state index in [4.69, 9.17) is 5.73 Å². The van der Waals surface area contributed by atoms with E-state index in [-0.39, 0.29) is 0 Å². The van der Waals surface area contributed by atoms with Gasteiger partial charge in [0.15, 0.2) is 11.6 Å². The molecule has 0 heterocycles. The van der Waals surface area contributed by atoms with Crippen molar-refractivity contribution in [2.24, 2.45) is 5.73 Å². The molecule has 0 bridgehead atoms. The third kappa shape index (κ3) is 3.50. The Labute approximate surface area is 132 Å². The normalized spacial score (nSPS) is 13.8. The zero-order valence-electron chi connectivity index (χ0n) is 15.8. The van der Waals surface area contributed by atoms with Gasteiger partial charge < -0.3 is 0 Å². The first-order chi connectivity index (χ1) is 8.97. The predicted molar refractivity (Wildman–Crippen MR) is 98.0 cm³/mol. The topological polar surface area (TPSA) is 42.2 Å². The maximum absolute atomic E-state index is 6.79. The number of hydrogen-bond acceptors (Lipinski definition) is 6. The molecule has 0 spiro atoms. The van der Waals surface area contributed by atoms with Gasteiger partial charge in [-0.3, -0.25) is 30.2 Å². The van der Waals surface area contributed by atoms with Gasteiger partial charge in [0.1, 0.15) is 0 Å². The Hall–Kier alpha value is 0.194. The van der Waals surface area contributed by atoms with Gasteiger partial charge in [-0.1, -0.05) is 0 Å². The highest BCUT2D eigenvalue weighted by molar-refractivity contribution is 6.75. The summed E-state index contributed by atoms with van der Waals surface area (Å²) >= 11 is 0. The molecule has 0 saturated heterocycles. The molecule has 0 aromatic heterocycles. The van der Waals surface area contributed by atoms with E-state index in [2.05, 4.69) is 57.0 Å². The number of nitrogens with two attached hydrogens (primary N) is 1. The molecule has 20 heavy (non-hydrogen) atoms. The monoisotopic (exact) mass is 322 g/mol. The van der Waals surface area contributed by atoms with Crippen molar-refractivity contribution in [3.05, 3.63) is 0 Å². The molecule has 0 atom stereocenters. The molecule has 0 aliphatic carbocycles. The van der Waals surface area contributed by atoms with Crippen molar-refractivity contribution in [1.29, 1.82) is 0 Å². The Kier molecular flexibility index (Phi) is 9.65. The zero-order valence-corrected chi connectivity index (χ0v) is 19.8. The predicted octanol–water partition coefficient (Wildman–Crippen LogP) is -3.31. The summed E-state index contributed by atoms with van der Waals surface area (Å²) in [6.45, 7) is 0. The fraction of sp³-hybridized carbons (Fsp3) is 1.00. The van der Waals surface area contributed by atoms with E-state index in [1.165, 1.54) is 19.5 Å². The van der Waals surface area contributed by atoms with Crippen LogP contribution in [0.4, 0.5) is 0 Å². The van der Waals surface area contributed by atoms with Crippen LogP contribution in [-0.4, -0.2) is 126 Å². The first-order valence-corrected chi connectivity index (χ1v) is 15.1. The minimum atomic E-state index is -0.677. The second-order valence-electron chi connectivity index (χ2n) is 5.83. The number of nitrogens with zero attached hydrogens (tertiary/aromatic N) is 5. The van der Waals surface area contributed by atoms with Gasteiger partial charge in [-0.2, -0.15) is 0 Å². The van der Waals surface area contributed by atoms with Gasteiger partial charge in [0.2, 0.25) is 0 Å². The third-order valence-corrected chi connectivity index (χ3v) is 3.73. The molecule has 0 aromatic carbocycles. The number of hydrogen-bond donors (Lipinski definition) is 1. The Bertz CT molecular complexity index is 239. The quantitative estimate of drug-likeness (QED) is 0.408. The largest absolute Gasteiger partial charge is 0.297 e. The molecular weight excluding hydrogens is 284 g/mol. The highest BCUT2D eigenvalue weighted by Gasteiger charge is 2.57. The van der Waals surface area contributed by atoms with Gasteiger partial charge >= 0.3 is 0 Å². The van der Waals surface area contributed by atoms with Crippen molar-refractivity contribution >= 4 is 19.5 Å². The molecule has 0 aromatic rings. The van der Waals surface area contributed by atoms with Gasteiger partial charge in [0.05, 0.1) is 0 Å². The van der Waals surface area contributed by atoms with Crippen LogP contribution in [0.15, 0.2) is 0 Å². The summed E-state index contributed by atoms with van der Waals surface area (Å²) in [6.07, 6.45) is 0. The van der Waals surface area contributed by atoms with E-state index in [1.807, 2.05) is 38.0 Å². The Morgan fingerprint density at radius 3 is 0.800 bits per heavy atom. The van der Waals surface area contributed by atoms with Crippen molar-refractivity contribution in [1.82, 2.24) is 24.5 Å². The Balaban J connectivity index is 0. The molecule has 0 radical (unpaired) electrons. The third-order valence-electron chi connectivity index (χ3n) is 3.73. The zero-order chi connectivity index (χ0) is 16.9. The van der Waals surface area contributed by atoms with Gasteiger partial charge in [-0.25, -0.2) is 0 Å². The van der Waals surface area contributed by atoms with Crippen molar-refractivity contribution in [2.45, 2.75) is 11.6 Å². The molecule has 0 rings (SSSR count). The lowest BCUT2D eigenvalue weighted by Gasteiger charge is -2.62. The molecule has 8 heteroatoms. The molecule has 0 unspecified atom stereocenters. The van der Waals surface area contributed by atoms with Crippen LogP contribution in [0.2, 0.25) is 0 Å². The van der Waals surface area contributed by atoms with E-state index < -0.39 is 11.6 Å². The van der Waals surface area contributed by atoms with Crippen LogP contribution >= 0.6 is 0 Å². The van der Waals surface area contributed by atoms with Crippen LogP contribution in [0.25, 0.3) is 0 Å². The van der Waals surface area contributed by atoms with Gasteiger partial charge in [0, 0.05) is 0 Å². The second kappa shape index (κ2) is 8.59. The first kappa shape index (κ1) is 22.5. The summed E-state index contributed by atoms with van der Waals surface area (Å²) in [5.74, 6) is -1.15. The molecule has 0 aliphatic rings. The molecule has 0 aliphatic heterocycles. The van der Waals surface area contributed by atoms with Crippen molar-refractivity contribution < 1.29 is 0 Å². The van der Waals surface area contributed by atoms with Crippen LogP contribution in [-0.2, 0) is 0 Å². The van der Waals surface area contributed by atoms with Gasteiger partial charge in [-0.15, -0.1) is 0 Å². The second-order valence-corrected chi connectivity index (χ2v) is 5.83. The number of rotatable bonds is 6. The summed E-state index contributed by atoms with van der Waals surface area (Å²) in [4.78, 5) is 10.5. The van der Waals surface area contributed by atoms with Crippen molar-refractivity contribution in [3.63, 3.8) is 0 Å². The number of likely N-dealkylation sites (N-methyl/N-ethyl adjacent to an activating group) is 5. The molecule has 0 fully saturated rings. The molecule has 2 N–H and O–H groups in total. The highest BCUT2D eigenvalue weighted by atomic mass is 29.1. The molecule has 0 amide bonds. The minimum absolute atomic E-state index is 0.472. The fourth-order valence-electron chi connectivity index (χ4n) is 3.19. The van der Waals surface area contributed by atoms with Crippen molar-refractivity contribution in [2.75, 3.05) is 70.5 Å². The van der Waals surface area contributed by atoms with E-state index >= 15 is 0 Å². The molecular formula is C12H38N6Si2. The molecule has 6 nitrogen and oxygen atoms in total. The summed E-state index contributed by atoms with van der Waals surface area (Å²) in [7, 11) is 23.2. The van der Waals surface area contributed by atoms with E-state index in [1.54, 1.807) is 0 Å². The maximum atomic E-state index is 6.79. The van der Waals surface area contributed by atoms with Crippen LogP contribution < -0.4 is 5.73 Å². The average molecular weight is 323 g/mol. The first-order valence-electron chi connectivity index (χ1n) is 7.13. The van der Waals surface area contributed by atoms with Gasteiger partial charge in [0.25, 0.3) is 0 Å².